The van der Waals surface area contributed by atoms with Crippen LogP contribution in [0.4, 0.5) is 11.4 Å². The van der Waals surface area contributed by atoms with Crippen LogP contribution in [-0.4, -0.2) is 46.6 Å². The molecule has 1 amide bonds. The summed E-state index contributed by atoms with van der Waals surface area (Å²) in [6, 6.07) is 6.77. The van der Waals surface area contributed by atoms with Crippen molar-refractivity contribution in [2.45, 2.75) is 79.1 Å². The monoisotopic (exact) mass is 512 g/mol. The fourth-order valence-corrected chi connectivity index (χ4v) is 4.02. The zero-order chi connectivity index (χ0) is 27.4. The van der Waals surface area contributed by atoms with Crippen LogP contribution in [-0.2, 0) is 4.74 Å². The van der Waals surface area contributed by atoms with Crippen molar-refractivity contribution >= 4 is 23.3 Å². The molecule has 1 aromatic heterocycles. The van der Waals surface area contributed by atoms with Crippen molar-refractivity contribution in [2.24, 2.45) is 10.2 Å². The summed E-state index contributed by atoms with van der Waals surface area (Å²) in [7, 11) is 0. The van der Waals surface area contributed by atoms with Gasteiger partial charge < -0.3 is 14.7 Å². The summed E-state index contributed by atoms with van der Waals surface area (Å²) < 4.78 is 5.02. The number of benzene rings is 1. The van der Waals surface area contributed by atoms with Gasteiger partial charge in [-0.05, 0) is 49.9 Å². The third kappa shape index (κ3) is 8.27. The molecule has 9 heteroatoms. The standard InChI is InChI=1S/C28H40N4O5/c1-6-9-11-12-18-32(17-10-7-2)27(35)20-13-15-21(16-14-20)30-31-24-22(19(4)5)23(28(36)37-8-3)25(33)29-26(24)34/h13-16,19H,6-12,17-18H2,1-5H3,(H2,29,33,34)/b31-30+. The van der Waals surface area contributed by atoms with Gasteiger partial charge in [0.1, 0.15) is 5.56 Å². The van der Waals surface area contributed by atoms with Crippen molar-refractivity contribution in [3.05, 3.63) is 51.3 Å². The molecule has 0 atom stereocenters. The number of hydrogen-bond acceptors (Lipinski definition) is 7. The molecule has 2 rings (SSSR count). The third-order valence-corrected chi connectivity index (χ3v) is 5.99. The summed E-state index contributed by atoms with van der Waals surface area (Å²) >= 11 is 0. The second-order valence-corrected chi connectivity index (χ2v) is 9.27. The number of H-pyrrole nitrogens is 1. The summed E-state index contributed by atoms with van der Waals surface area (Å²) in [5.74, 6) is -1.58. The van der Waals surface area contributed by atoms with Crippen LogP contribution >= 0.6 is 0 Å². The molecule has 0 aliphatic heterocycles. The molecule has 0 aliphatic rings. The topological polar surface area (TPSA) is 124 Å². The molecule has 0 saturated carbocycles. The van der Waals surface area contributed by atoms with Crippen molar-refractivity contribution in [2.75, 3.05) is 19.7 Å². The average molecular weight is 513 g/mol. The molecule has 0 radical (unpaired) electrons. The van der Waals surface area contributed by atoms with Crippen LogP contribution in [0.3, 0.4) is 0 Å². The molecule has 1 heterocycles. The number of aromatic hydroxyl groups is 1. The Bertz CT molecular complexity index is 1120. The highest BCUT2D eigenvalue weighted by Crippen LogP contribution is 2.36. The summed E-state index contributed by atoms with van der Waals surface area (Å²) in [6.45, 7) is 11.1. The van der Waals surface area contributed by atoms with E-state index in [0.29, 0.717) is 11.3 Å². The van der Waals surface area contributed by atoms with Crippen LogP contribution in [0.2, 0.25) is 0 Å². The molecule has 0 fully saturated rings. The van der Waals surface area contributed by atoms with Gasteiger partial charge in [-0.3, -0.25) is 14.6 Å². The van der Waals surface area contributed by atoms with Gasteiger partial charge in [0.2, 0.25) is 5.88 Å². The van der Waals surface area contributed by atoms with Gasteiger partial charge in [-0.2, -0.15) is 5.11 Å². The summed E-state index contributed by atoms with van der Waals surface area (Å²) in [5, 5.41) is 18.7. The number of unbranched alkanes of at least 4 members (excludes halogenated alkanes) is 4. The number of carbonyl (C=O) groups is 2. The Balaban J connectivity index is 2.29. The first kappa shape index (κ1) is 29.7. The fraction of sp³-hybridized carbons (Fsp3) is 0.536. The number of pyridine rings is 1. The number of esters is 1. The van der Waals surface area contributed by atoms with E-state index >= 15 is 0 Å². The lowest BCUT2D eigenvalue weighted by atomic mass is 9.97. The van der Waals surface area contributed by atoms with E-state index in [1.807, 2.05) is 4.90 Å². The lowest BCUT2D eigenvalue weighted by Crippen LogP contribution is -2.32. The van der Waals surface area contributed by atoms with E-state index < -0.39 is 17.4 Å². The predicted octanol–water partition coefficient (Wildman–Crippen LogP) is 6.62. The molecule has 0 bridgehead atoms. The molecule has 0 saturated heterocycles. The molecule has 0 unspecified atom stereocenters. The van der Waals surface area contributed by atoms with Crippen LogP contribution in [0.1, 0.15) is 105 Å². The van der Waals surface area contributed by atoms with Gasteiger partial charge in [0.05, 0.1) is 12.3 Å². The summed E-state index contributed by atoms with van der Waals surface area (Å²) in [5.41, 5.74) is 0.336. The van der Waals surface area contributed by atoms with Crippen LogP contribution in [0, 0.1) is 0 Å². The Morgan fingerprint density at radius 3 is 2.22 bits per heavy atom. The first-order valence-electron chi connectivity index (χ1n) is 13.2. The van der Waals surface area contributed by atoms with E-state index in [2.05, 4.69) is 29.1 Å². The Kier molecular flexibility index (Phi) is 12.0. The Morgan fingerprint density at radius 2 is 1.62 bits per heavy atom. The molecule has 0 aliphatic carbocycles. The molecule has 2 aromatic rings. The van der Waals surface area contributed by atoms with Crippen molar-refractivity contribution in [3.63, 3.8) is 0 Å². The molecule has 1 aromatic carbocycles. The van der Waals surface area contributed by atoms with Crippen molar-refractivity contribution in [3.8, 4) is 5.88 Å². The molecular weight excluding hydrogens is 472 g/mol. The molecule has 9 nitrogen and oxygen atoms in total. The first-order valence-corrected chi connectivity index (χ1v) is 13.2. The van der Waals surface area contributed by atoms with E-state index in [1.165, 1.54) is 6.42 Å². The maximum Gasteiger partial charge on any atom is 0.344 e. The second kappa shape index (κ2) is 14.9. The van der Waals surface area contributed by atoms with Crippen molar-refractivity contribution in [1.29, 1.82) is 0 Å². The van der Waals surface area contributed by atoms with Crippen molar-refractivity contribution < 1.29 is 19.4 Å². The zero-order valence-corrected chi connectivity index (χ0v) is 22.7. The average Bonchev–Trinajstić information content (AvgIpc) is 2.87. The number of ether oxygens (including phenoxy) is 1. The third-order valence-electron chi connectivity index (χ3n) is 5.99. The Morgan fingerprint density at radius 1 is 0.973 bits per heavy atom. The van der Waals surface area contributed by atoms with E-state index in [4.69, 9.17) is 4.74 Å². The fourth-order valence-electron chi connectivity index (χ4n) is 4.02. The van der Waals surface area contributed by atoms with Crippen LogP contribution < -0.4 is 5.56 Å². The highest BCUT2D eigenvalue weighted by Gasteiger charge is 2.26. The minimum atomic E-state index is -0.783. The normalized spacial score (nSPS) is 11.3. The number of rotatable bonds is 14. The smallest absolute Gasteiger partial charge is 0.344 e. The summed E-state index contributed by atoms with van der Waals surface area (Å²) in [4.78, 5) is 42.1. The first-order chi connectivity index (χ1) is 17.7. The minimum absolute atomic E-state index is 0.00405. The van der Waals surface area contributed by atoms with E-state index in [1.54, 1.807) is 45.0 Å². The number of carbonyl (C=O) groups excluding carboxylic acids is 2. The van der Waals surface area contributed by atoms with E-state index in [0.717, 1.165) is 45.2 Å². The highest BCUT2D eigenvalue weighted by atomic mass is 16.5. The number of nitrogens with one attached hydrogen (secondary N) is 1. The maximum atomic E-state index is 13.1. The van der Waals surface area contributed by atoms with Gasteiger partial charge in [0.15, 0.2) is 5.69 Å². The van der Waals surface area contributed by atoms with Crippen LogP contribution in [0.15, 0.2) is 39.3 Å². The number of amides is 1. The van der Waals surface area contributed by atoms with Gasteiger partial charge in [-0.15, -0.1) is 5.11 Å². The second-order valence-electron chi connectivity index (χ2n) is 9.27. The van der Waals surface area contributed by atoms with Gasteiger partial charge >= 0.3 is 5.97 Å². The number of aromatic amines is 1. The molecule has 0 spiro atoms. The maximum absolute atomic E-state index is 13.1. The molecule has 37 heavy (non-hydrogen) atoms. The van der Waals surface area contributed by atoms with Gasteiger partial charge in [0, 0.05) is 24.2 Å². The van der Waals surface area contributed by atoms with Crippen molar-refractivity contribution in [1.82, 2.24) is 9.88 Å². The quantitative estimate of drug-likeness (QED) is 0.167. The molecular formula is C28H40N4O5. The molecule has 2 N–H and O–H groups in total. The SMILES string of the molecule is CCCCCCN(CCCC)C(=O)c1ccc(/N=N/c2c(O)[nH]c(=O)c(C(=O)OCC)c2C(C)C)cc1. The minimum Gasteiger partial charge on any atom is -0.493 e. The molecule has 202 valence electrons. The van der Waals surface area contributed by atoms with Gasteiger partial charge in [0.25, 0.3) is 11.5 Å². The Hall–Kier alpha value is -3.49. The van der Waals surface area contributed by atoms with Gasteiger partial charge in [-0.1, -0.05) is 53.4 Å². The lowest BCUT2D eigenvalue weighted by Gasteiger charge is -2.22. The van der Waals surface area contributed by atoms with Crippen LogP contribution in [0.5, 0.6) is 5.88 Å². The highest BCUT2D eigenvalue weighted by molar-refractivity contribution is 5.94. The number of nitrogens with zero attached hydrogens (tertiary/aromatic N) is 3. The van der Waals surface area contributed by atoms with Crippen LogP contribution in [0.25, 0.3) is 0 Å². The van der Waals surface area contributed by atoms with E-state index in [9.17, 15) is 19.5 Å². The van der Waals surface area contributed by atoms with E-state index in [-0.39, 0.29) is 35.2 Å². The number of azo groups is 1. The van der Waals surface area contributed by atoms with Gasteiger partial charge in [-0.25, -0.2) is 4.79 Å². The summed E-state index contributed by atoms with van der Waals surface area (Å²) in [6.07, 6.45) is 6.40. The number of aromatic nitrogens is 1. The number of hydrogen-bond donors (Lipinski definition) is 2. The predicted molar refractivity (Wildman–Crippen MR) is 144 cm³/mol. The lowest BCUT2D eigenvalue weighted by molar-refractivity contribution is 0.0522. The zero-order valence-electron chi connectivity index (χ0n) is 22.7. The Labute approximate surface area is 219 Å². The largest absolute Gasteiger partial charge is 0.493 e.